The second-order valence-electron chi connectivity index (χ2n) is 11.5. The van der Waals surface area contributed by atoms with Gasteiger partial charge in [-0.2, -0.15) is 0 Å². The van der Waals surface area contributed by atoms with Gasteiger partial charge < -0.3 is 24.4 Å². The molecule has 0 radical (unpaired) electrons. The van der Waals surface area contributed by atoms with Gasteiger partial charge >= 0.3 is 11.8 Å². The number of carbonyl (C=O) groups is 1. The number of carbonyl (C=O) groups excluding carboxylic acids is 1. The number of nitrogens with zero attached hydrogens (tertiary/aromatic N) is 6. The van der Waals surface area contributed by atoms with Gasteiger partial charge in [0.15, 0.2) is 5.82 Å². The molecular weight excluding hydrogens is 536 g/mol. The van der Waals surface area contributed by atoms with E-state index in [0.29, 0.717) is 40.5 Å². The van der Waals surface area contributed by atoms with Crippen LogP contribution in [-0.4, -0.2) is 80.3 Å². The lowest BCUT2D eigenvalue weighted by molar-refractivity contribution is -0.00568. The van der Waals surface area contributed by atoms with Crippen LogP contribution >= 0.6 is 0 Å². The highest BCUT2D eigenvalue weighted by Crippen LogP contribution is 2.32. The monoisotopic (exact) mass is 572 g/mol. The first-order valence-electron chi connectivity index (χ1n) is 13.8. The molecule has 11 heteroatoms. The third-order valence-corrected chi connectivity index (χ3v) is 6.67. The van der Waals surface area contributed by atoms with Crippen molar-refractivity contribution in [2.24, 2.45) is 4.99 Å². The van der Waals surface area contributed by atoms with Crippen molar-refractivity contribution >= 4 is 29.3 Å². The van der Waals surface area contributed by atoms with Crippen molar-refractivity contribution in [3.05, 3.63) is 77.3 Å². The lowest BCUT2D eigenvalue weighted by Gasteiger charge is -2.36. The second-order valence-corrected chi connectivity index (χ2v) is 11.5. The van der Waals surface area contributed by atoms with Gasteiger partial charge in [-0.25, -0.2) is 19.6 Å². The van der Waals surface area contributed by atoms with Crippen LogP contribution < -0.4 is 10.4 Å². The number of benzene rings is 2. The van der Waals surface area contributed by atoms with Crippen molar-refractivity contribution in [2.45, 2.75) is 44.9 Å². The van der Waals surface area contributed by atoms with Crippen LogP contribution in [0.25, 0.3) is 16.7 Å². The first-order chi connectivity index (χ1) is 20.0. The predicted octanol–water partition coefficient (Wildman–Crippen LogP) is 4.74. The highest BCUT2D eigenvalue weighted by Gasteiger charge is 2.35. The number of imidazole rings is 1. The van der Waals surface area contributed by atoms with Crippen molar-refractivity contribution in [3.63, 3.8) is 0 Å². The SMILES string of the molecule is CN(C)/C=N\c1nccc2c1n(-c1ccc(Oc3ccccc3)cc1)c(=O)n2[C@@H]1C[C@H](O)CN(C(=O)OC(C)(C)C)C1. The fourth-order valence-electron chi connectivity index (χ4n) is 5.00. The zero-order valence-electron chi connectivity index (χ0n) is 24.5. The van der Waals surface area contributed by atoms with Gasteiger partial charge in [-0.05, 0) is 69.7 Å². The average Bonchev–Trinajstić information content (AvgIpc) is 3.24. The fourth-order valence-corrected chi connectivity index (χ4v) is 5.00. The molecule has 0 unspecified atom stereocenters. The Balaban J connectivity index is 1.60. The number of aromatic nitrogens is 3. The Morgan fingerprint density at radius 2 is 1.74 bits per heavy atom. The topological polar surface area (TPSA) is 114 Å². The smallest absolute Gasteiger partial charge is 0.410 e. The molecule has 3 heterocycles. The van der Waals surface area contributed by atoms with Crippen molar-refractivity contribution in [1.82, 2.24) is 23.9 Å². The van der Waals surface area contributed by atoms with Crippen molar-refractivity contribution in [2.75, 3.05) is 27.2 Å². The molecule has 11 nitrogen and oxygen atoms in total. The van der Waals surface area contributed by atoms with Crippen molar-refractivity contribution < 1.29 is 19.4 Å². The minimum Gasteiger partial charge on any atom is -0.457 e. The molecule has 1 aliphatic heterocycles. The molecule has 0 bridgehead atoms. The van der Waals surface area contributed by atoms with Crippen LogP contribution in [0.2, 0.25) is 0 Å². The van der Waals surface area contributed by atoms with E-state index in [1.165, 1.54) is 4.90 Å². The number of amides is 1. The molecule has 2 atom stereocenters. The van der Waals surface area contributed by atoms with Crippen LogP contribution in [0.5, 0.6) is 11.5 Å². The lowest BCUT2D eigenvalue weighted by atomic mass is 10.0. The number of hydrogen-bond donors (Lipinski definition) is 1. The van der Waals surface area contributed by atoms with Gasteiger partial charge in [0.2, 0.25) is 0 Å². The largest absolute Gasteiger partial charge is 0.457 e. The average molecular weight is 573 g/mol. The highest BCUT2D eigenvalue weighted by atomic mass is 16.6. The van der Waals surface area contributed by atoms with Gasteiger partial charge in [0.25, 0.3) is 0 Å². The van der Waals surface area contributed by atoms with Crippen LogP contribution in [0, 0.1) is 0 Å². The summed E-state index contributed by atoms with van der Waals surface area (Å²) >= 11 is 0. The normalized spacial score (nSPS) is 17.5. The number of aliphatic hydroxyl groups is 1. The number of aliphatic hydroxyl groups excluding tert-OH is 1. The standard InChI is InChI=1S/C31H36N6O5/c1-31(2,3)42-30(40)35-18-22(17-23(38)19-35)36-26-15-16-32-28(33-20-34(4)5)27(26)37(29(36)39)21-11-13-25(14-12-21)41-24-9-7-6-8-10-24/h6-16,20,22-23,38H,17-19H2,1-5H3/b33-20-/t22-,23+/m1/s1. The third-order valence-electron chi connectivity index (χ3n) is 6.67. The number of para-hydroxylation sites is 1. The maximum Gasteiger partial charge on any atom is 0.410 e. The number of β-amino-alcohol motifs (C(OH)–C–C–N with tert-alkyl or cyclic N) is 1. The van der Waals surface area contributed by atoms with Gasteiger partial charge in [0, 0.05) is 26.8 Å². The van der Waals surface area contributed by atoms with E-state index in [4.69, 9.17) is 9.47 Å². The van der Waals surface area contributed by atoms with E-state index in [1.54, 1.807) is 77.7 Å². The van der Waals surface area contributed by atoms with Crippen LogP contribution in [0.4, 0.5) is 10.6 Å². The maximum absolute atomic E-state index is 14.3. The van der Waals surface area contributed by atoms with Crippen LogP contribution in [0.15, 0.2) is 76.6 Å². The first-order valence-corrected chi connectivity index (χ1v) is 13.8. The molecule has 1 amide bonds. The van der Waals surface area contributed by atoms with E-state index in [0.717, 1.165) is 0 Å². The highest BCUT2D eigenvalue weighted by molar-refractivity contribution is 5.88. The Morgan fingerprint density at radius 3 is 2.40 bits per heavy atom. The molecule has 2 aromatic carbocycles. The molecule has 1 aliphatic rings. The van der Waals surface area contributed by atoms with Gasteiger partial charge in [-0.3, -0.25) is 9.13 Å². The Bertz CT molecular complexity index is 1640. The van der Waals surface area contributed by atoms with E-state index >= 15 is 0 Å². The summed E-state index contributed by atoms with van der Waals surface area (Å²) in [6.45, 7) is 5.70. The number of hydrogen-bond acceptors (Lipinski definition) is 7. The first kappa shape index (κ1) is 28.9. The molecule has 1 saturated heterocycles. The van der Waals surface area contributed by atoms with Crippen LogP contribution in [-0.2, 0) is 4.74 Å². The summed E-state index contributed by atoms with van der Waals surface area (Å²) in [5, 5.41) is 10.8. The quantitative estimate of drug-likeness (QED) is 0.262. The summed E-state index contributed by atoms with van der Waals surface area (Å²) in [5.74, 6) is 1.69. The number of rotatable bonds is 6. The Labute approximate surface area is 244 Å². The number of ether oxygens (including phenoxy) is 2. The summed E-state index contributed by atoms with van der Waals surface area (Å²) < 4.78 is 14.7. The van der Waals surface area contributed by atoms with Crippen LogP contribution in [0.3, 0.4) is 0 Å². The molecule has 2 aromatic heterocycles. The van der Waals surface area contributed by atoms with Crippen molar-refractivity contribution in [3.8, 4) is 17.2 Å². The van der Waals surface area contributed by atoms with Crippen molar-refractivity contribution in [1.29, 1.82) is 0 Å². The minimum absolute atomic E-state index is 0.127. The predicted molar refractivity (Wildman–Crippen MR) is 161 cm³/mol. The molecule has 42 heavy (non-hydrogen) atoms. The van der Waals surface area contributed by atoms with Gasteiger partial charge in [-0.15, -0.1) is 0 Å². The Kier molecular flexibility index (Phi) is 8.04. The lowest BCUT2D eigenvalue weighted by Crippen LogP contribution is -2.49. The van der Waals surface area contributed by atoms with E-state index in [-0.39, 0.29) is 18.8 Å². The molecule has 5 rings (SSSR count). The Hall–Kier alpha value is -4.64. The number of aliphatic imine (C=N–C) groups is 1. The summed E-state index contributed by atoms with van der Waals surface area (Å²) in [5.41, 5.74) is 0.677. The van der Waals surface area contributed by atoms with Gasteiger partial charge in [0.1, 0.15) is 22.6 Å². The van der Waals surface area contributed by atoms with E-state index in [2.05, 4.69) is 9.98 Å². The maximum atomic E-state index is 14.3. The second kappa shape index (κ2) is 11.7. The van der Waals surface area contributed by atoms with Gasteiger partial charge in [0.05, 0.1) is 36.2 Å². The van der Waals surface area contributed by atoms with E-state index < -0.39 is 23.8 Å². The Morgan fingerprint density at radius 1 is 1.05 bits per heavy atom. The number of likely N-dealkylation sites (tertiary alicyclic amines) is 1. The molecule has 1 fully saturated rings. The molecule has 1 N–H and O–H groups in total. The zero-order chi connectivity index (χ0) is 30.0. The molecule has 4 aromatic rings. The van der Waals surface area contributed by atoms with E-state index in [9.17, 15) is 14.7 Å². The molecule has 0 aliphatic carbocycles. The van der Waals surface area contributed by atoms with Crippen LogP contribution in [0.1, 0.15) is 33.2 Å². The molecule has 220 valence electrons. The minimum atomic E-state index is -0.830. The molecule has 0 spiro atoms. The van der Waals surface area contributed by atoms with E-state index in [1.807, 2.05) is 44.4 Å². The molecular formula is C31H36N6O5. The third kappa shape index (κ3) is 6.31. The summed E-state index contributed by atoms with van der Waals surface area (Å²) in [6, 6.07) is 17.9. The van der Waals surface area contributed by atoms with Gasteiger partial charge in [-0.1, -0.05) is 18.2 Å². The number of pyridine rings is 1. The number of piperidine rings is 1. The summed E-state index contributed by atoms with van der Waals surface area (Å²) in [6.07, 6.45) is 2.16. The molecule has 0 saturated carbocycles. The fraction of sp³-hybridized carbons (Fsp3) is 0.355. The zero-order valence-corrected chi connectivity index (χ0v) is 24.5. The number of fused-ring (bicyclic) bond motifs is 1. The summed E-state index contributed by atoms with van der Waals surface area (Å²) in [7, 11) is 3.70. The summed E-state index contributed by atoms with van der Waals surface area (Å²) in [4.78, 5) is 39.5.